The van der Waals surface area contributed by atoms with Gasteiger partial charge in [0.15, 0.2) is 0 Å². The fraction of sp³-hybridized carbons (Fsp3) is 0.231. The van der Waals surface area contributed by atoms with Crippen molar-refractivity contribution in [1.82, 2.24) is 14.9 Å². The summed E-state index contributed by atoms with van der Waals surface area (Å²) in [5, 5.41) is 3.02. The summed E-state index contributed by atoms with van der Waals surface area (Å²) in [5.74, 6) is 1.65. The van der Waals surface area contributed by atoms with Crippen LogP contribution in [-0.4, -0.2) is 22.1 Å². The van der Waals surface area contributed by atoms with E-state index in [2.05, 4.69) is 35.9 Å². The van der Waals surface area contributed by atoms with Gasteiger partial charge >= 0.3 is 0 Å². The summed E-state index contributed by atoms with van der Waals surface area (Å²) in [6, 6.07) is 21.8. The first-order chi connectivity index (χ1) is 15.0. The van der Waals surface area contributed by atoms with Crippen LogP contribution < -0.4 is 10.1 Å². The van der Waals surface area contributed by atoms with Crippen LogP contribution in [-0.2, 0) is 13.1 Å². The van der Waals surface area contributed by atoms with E-state index >= 15 is 0 Å². The highest BCUT2D eigenvalue weighted by Gasteiger charge is 2.14. The molecule has 0 unspecified atom stereocenters. The molecule has 0 aliphatic carbocycles. The van der Waals surface area contributed by atoms with Crippen molar-refractivity contribution in [1.29, 1.82) is 0 Å². The van der Waals surface area contributed by atoms with Crippen molar-refractivity contribution >= 4 is 16.9 Å². The summed E-state index contributed by atoms with van der Waals surface area (Å²) in [5.41, 5.74) is 5.84. The molecule has 0 radical (unpaired) electrons. The average Bonchev–Trinajstić information content (AvgIpc) is 3.12. The minimum absolute atomic E-state index is 0.0940. The van der Waals surface area contributed by atoms with E-state index in [4.69, 9.17) is 9.72 Å². The molecule has 0 bridgehead atoms. The average molecular weight is 414 g/mol. The molecule has 0 saturated heterocycles. The van der Waals surface area contributed by atoms with Crippen molar-refractivity contribution in [3.8, 4) is 5.75 Å². The van der Waals surface area contributed by atoms with Crippen LogP contribution in [0.1, 0.15) is 32.9 Å². The first-order valence-electron chi connectivity index (χ1n) is 10.5. The molecule has 0 aliphatic rings. The number of fused-ring (bicyclic) bond motifs is 1. The van der Waals surface area contributed by atoms with Crippen LogP contribution in [0.15, 0.2) is 66.7 Å². The number of carbonyl (C=O) groups is 1. The van der Waals surface area contributed by atoms with Gasteiger partial charge in [-0.25, -0.2) is 4.98 Å². The Morgan fingerprint density at radius 3 is 2.35 bits per heavy atom. The molecule has 1 heterocycles. The fourth-order valence-electron chi connectivity index (χ4n) is 3.86. The molecule has 31 heavy (non-hydrogen) atoms. The maximum Gasteiger partial charge on any atom is 0.251 e. The normalized spacial score (nSPS) is 10.9. The molecule has 1 aromatic heterocycles. The molecule has 5 nitrogen and oxygen atoms in total. The topological polar surface area (TPSA) is 56.2 Å². The molecular weight excluding hydrogens is 386 g/mol. The predicted molar refractivity (Wildman–Crippen MR) is 123 cm³/mol. The molecular formula is C26H27N3O2. The Hall–Kier alpha value is -3.60. The number of rotatable bonds is 7. The molecule has 0 atom stereocenters. The highest BCUT2D eigenvalue weighted by atomic mass is 16.5. The van der Waals surface area contributed by atoms with E-state index in [9.17, 15) is 4.79 Å². The third-order valence-electron chi connectivity index (χ3n) is 5.50. The van der Waals surface area contributed by atoms with Gasteiger partial charge in [0.25, 0.3) is 5.91 Å². The van der Waals surface area contributed by atoms with Gasteiger partial charge in [-0.15, -0.1) is 0 Å². The minimum Gasteiger partial charge on any atom is -0.491 e. The van der Waals surface area contributed by atoms with Gasteiger partial charge in [-0.1, -0.05) is 48.5 Å². The third kappa shape index (κ3) is 4.45. The van der Waals surface area contributed by atoms with Crippen LogP contribution in [0.5, 0.6) is 5.75 Å². The Morgan fingerprint density at radius 1 is 0.903 bits per heavy atom. The number of benzene rings is 3. The standard InChI is InChI=1S/C26H27N3O2/c1-18-9-4-5-12-21(18)26(30)27-17-24-28-22-13-6-7-14-23(22)29(24)15-16-31-25-19(2)10-8-11-20(25)3/h4-14H,15-17H2,1-3H3,(H,27,30). The lowest BCUT2D eigenvalue weighted by Crippen LogP contribution is -2.26. The number of aryl methyl sites for hydroxylation is 3. The number of aromatic nitrogens is 2. The zero-order valence-corrected chi connectivity index (χ0v) is 18.2. The van der Waals surface area contributed by atoms with Crippen LogP contribution in [0.25, 0.3) is 11.0 Å². The monoisotopic (exact) mass is 413 g/mol. The fourth-order valence-corrected chi connectivity index (χ4v) is 3.86. The zero-order valence-electron chi connectivity index (χ0n) is 18.2. The first kappa shape index (κ1) is 20.7. The molecule has 0 fully saturated rings. The Morgan fingerprint density at radius 2 is 1.58 bits per heavy atom. The lowest BCUT2D eigenvalue weighted by molar-refractivity contribution is 0.0949. The van der Waals surface area contributed by atoms with Gasteiger partial charge in [0.1, 0.15) is 18.2 Å². The van der Waals surface area contributed by atoms with Crippen LogP contribution in [0.2, 0.25) is 0 Å². The summed E-state index contributed by atoms with van der Waals surface area (Å²) in [6.07, 6.45) is 0. The van der Waals surface area contributed by atoms with E-state index in [1.54, 1.807) is 0 Å². The van der Waals surface area contributed by atoms with Gasteiger partial charge < -0.3 is 14.6 Å². The number of hydrogen-bond donors (Lipinski definition) is 1. The Labute approximate surface area is 182 Å². The number of ether oxygens (including phenoxy) is 1. The van der Waals surface area contributed by atoms with E-state index in [1.807, 2.05) is 61.5 Å². The second-order valence-electron chi connectivity index (χ2n) is 7.74. The lowest BCUT2D eigenvalue weighted by Gasteiger charge is -2.14. The maximum absolute atomic E-state index is 12.7. The number of hydrogen-bond acceptors (Lipinski definition) is 3. The summed E-state index contributed by atoms with van der Waals surface area (Å²) in [4.78, 5) is 17.4. The zero-order chi connectivity index (χ0) is 21.8. The summed E-state index contributed by atoms with van der Waals surface area (Å²) >= 11 is 0. The highest BCUT2D eigenvalue weighted by Crippen LogP contribution is 2.23. The number of amides is 1. The third-order valence-corrected chi connectivity index (χ3v) is 5.50. The van der Waals surface area contributed by atoms with Crippen molar-refractivity contribution in [3.05, 3.63) is 94.8 Å². The molecule has 4 rings (SSSR count). The summed E-state index contributed by atoms with van der Waals surface area (Å²) < 4.78 is 8.25. The van der Waals surface area contributed by atoms with E-state index < -0.39 is 0 Å². The van der Waals surface area contributed by atoms with Gasteiger partial charge in [-0.3, -0.25) is 4.79 Å². The second kappa shape index (κ2) is 9.04. The Bertz CT molecular complexity index is 1210. The van der Waals surface area contributed by atoms with Crippen molar-refractivity contribution < 1.29 is 9.53 Å². The molecule has 1 N–H and O–H groups in total. The molecule has 4 aromatic rings. The highest BCUT2D eigenvalue weighted by molar-refractivity contribution is 5.95. The van der Waals surface area contributed by atoms with Crippen LogP contribution in [0.3, 0.4) is 0 Å². The number of nitrogens with zero attached hydrogens (tertiary/aromatic N) is 2. The molecule has 5 heteroatoms. The van der Waals surface area contributed by atoms with Crippen LogP contribution in [0.4, 0.5) is 0 Å². The van der Waals surface area contributed by atoms with Gasteiger partial charge in [0.05, 0.1) is 24.1 Å². The molecule has 3 aromatic carbocycles. The minimum atomic E-state index is -0.0940. The van der Waals surface area contributed by atoms with E-state index in [0.717, 1.165) is 39.3 Å². The Kier molecular flexibility index (Phi) is 6.03. The van der Waals surface area contributed by atoms with Crippen molar-refractivity contribution in [2.24, 2.45) is 0 Å². The van der Waals surface area contributed by atoms with E-state index in [-0.39, 0.29) is 5.91 Å². The van der Waals surface area contributed by atoms with E-state index in [0.29, 0.717) is 25.3 Å². The quantitative estimate of drug-likeness (QED) is 0.465. The molecule has 0 aliphatic heterocycles. The SMILES string of the molecule is Cc1ccccc1C(=O)NCc1nc2ccccc2n1CCOc1c(C)cccc1C. The maximum atomic E-state index is 12.7. The number of para-hydroxylation sites is 3. The first-order valence-corrected chi connectivity index (χ1v) is 10.5. The largest absolute Gasteiger partial charge is 0.491 e. The molecule has 1 amide bonds. The van der Waals surface area contributed by atoms with Crippen LogP contribution >= 0.6 is 0 Å². The van der Waals surface area contributed by atoms with Crippen molar-refractivity contribution in [3.63, 3.8) is 0 Å². The number of imidazole rings is 1. The van der Waals surface area contributed by atoms with Gasteiger partial charge in [0, 0.05) is 5.56 Å². The second-order valence-corrected chi connectivity index (χ2v) is 7.74. The molecule has 158 valence electrons. The Balaban J connectivity index is 1.52. The number of carbonyl (C=O) groups excluding carboxylic acids is 1. The smallest absolute Gasteiger partial charge is 0.251 e. The molecule has 0 spiro atoms. The lowest BCUT2D eigenvalue weighted by atomic mass is 10.1. The van der Waals surface area contributed by atoms with Crippen LogP contribution in [0, 0.1) is 20.8 Å². The molecule has 0 saturated carbocycles. The van der Waals surface area contributed by atoms with Crippen molar-refractivity contribution in [2.75, 3.05) is 6.61 Å². The van der Waals surface area contributed by atoms with Gasteiger partial charge in [-0.05, 0) is 55.7 Å². The van der Waals surface area contributed by atoms with Gasteiger partial charge in [0.2, 0.25) is 0 Å². The summed E-state index contributed by atoms with van der Waals surface area (Å²) in [7, 11) is 0. The number of nitrogens with one attached hydrogen (secondary N) is 1. The van der Waals surface area contributed by atoms with Crippen molar-refractivity contribution in [2.45, 2.75) is 33.9 Å². The predicted octanol–water partition coefficient (Wildman–Crippen LogP) is 4.97. The van der Waals surface area contributed by atoms with Gasteiger partial charge in [-0.2, -0.15) is 0 Å². The summed E-state index contributed by atoms with van der Waals surface area (Å²) in [6.45, 7) is 7.57. The van der Waals surface area contributed by atoms with E-state index in [1.165, 1.54) is 0 Å².